The van der Waals surface area contributed by atoms with E-state index in [0.29, 0.717) is 18.4 Å². The number of aromatic carboxylic acids is 1. The van der Waals surface area contributed by atoms with Crippen LogP contribution < -0.4 is 4.65 Å². The number of hydrogen-bond donors (Lipinski definition) is 2. The van der Waals surface area contributed by atoms with Crippen molar-refractivity contribution in [2.75, 3.05) is 0 Å². The predicted molar refractivity (Wildman–Crippen MR) is 77.1 cm³/mol. The van der Waals surface area contributed by atoms with Crippen molar-refractivity contribution in [2.24, 2.45) is 0 Å². The first kappa shape index (κ1) is 15.1. The normalized spacial score (nSPS) is 16.6. The van der Waals surface area contributed by atoms with E-state index in [1.165, 1.54) is 6.07 Å². The van der Waals surface area contributed by atoms with Crippen LogP contribution in [0.3, 0.4) is 0 Å². The topological polar surface area (TPSA) is 83.8 Å². The van der Waals surface area contributed by atoms with Crippen LogP contribution in [0.4, 0.5) is 0 Å². The third-order valence-electron chi connectivity index (χ3n) is 3.49. The summed E-state index contributed by atoms with van der Waals surface area (Å²) in [5.74, 6) is 1.07. The van der Waals surface area contributed by atoms with Gasteiger partial charge in [-0.25, -0.2) is 4.79 Å². The number of Topliss-reactive ketones (excluding diaryl/α,β-unsaturated/α-hetero) is 1. The summed E-state index contributed by atoms with van der Waals surface area (Å²) in [6.07, 6.45) is 6.34. The molecule has 1 heterocycles. The number of carbonyl (C=O) groups is 2. The lowest BCUT2D eigenvalue weighted by molar-refractivity contribution is -0.119. The molecule has 0 saturated carbocycles. The summed E-state index contributed by atoms with van der Waals surface area (Å²) < 4.78 is 5.32. The molecule has 5 nitrogen and oxygen atoms in total. The van der Waals surface area contributed by atoms with Gasteiger partial charge in [0.15, 0.2) is 0 Å². The van der Waals surface area contributed by atoms with E-state index in [4.69, 9.17) is 16.2 Å². The summed E-state index contributed by atoms with van der Waals surface area (Å²) in [4.78, 5) is 22.9. The first-order valence-corrected chi connectivity index (χ1v) is 6.68. The molecule has 1 aliphatic heterocycles. The molecule has 21 heavy (non-hydrogen) atoms. The van der Waals surface area contributed by atoms with Crippen LogP contribution in [0.5, 0.6) is 5.75 Å². The Bertz CT molecular complexity index is 605. The minimum Gasteiger partial charge on any atom is -0.535 e. The zero-order chi connectivity index (χ0) is 15.4. The van der Waals surface area contributed by atoms with Gasteiger partial charge >= 0.3 is 13.1 Å². The maximum Gasteiger partial charge on any atom is 0.526 e. The van der Waals surface area contributed by atoms with Gasteiger partial charge in [-0.15, -0.1) is 12.3 Å². The average Bonchev–Trinajstić information content (AvgIpc) is 2.45. The minimum absolute atomic E-state index is 0.0173. The number of terminal acetylenes is 1. The van der Waals surface area contributed by atoms with Crippen molar-refractivity contribution < 1.29 is 24.4 Å². The van der Waals surface area contributed by atoms with Crippen molar-refractivity contribution in [1.29, 1.82) is 0 Å². The third kappa shape index (κ3) is 3.44. The predicted octanol–water partition coefficient (Wildman–Crippen LogP) is 1.54. The van der Waals surface area contributed by atoms with Gasteiger partial charge in [0.05, 0.1) is 5.56 Å². The average molecular weight is 286 g/mol. The summed E-state index contributed by atoms with van der Waals surface area (Å²) in [5, 5.41) is 19.1. The quantitative estimate of drug-likeness (QED) is 0.633. The van der Waals surface area contributed by atoms with Gasteiger partial charge in [0, 0.05) is 25.1 Å². The molecule has 0 amide bonds. The zero-order valence-electron chi connectivity index (χ0n) is 11.4. The monoisotopic (exact) mass is 286 g/mol. The number of carboxylic acid groups (broad SMARTS) is 1. The molecule has 0 saturated heterocycles. The highest BCUT2D eigenvalue weighted by atomic mass is 16.5. The smallest absolute Gasteiger partial charge is 0.526 e. The highest BCUT2D eigenvalue weighted by Crippen LogP contribution is 2.36. The number of carbonyl (C=O) groups excluding carboxylic acids is 1. The molecular weight excluding hydrogens is 271 g/mol. The van der Waals surface area contributed by atoms with Crippen LogP contribution in [-0.4, -0.2) is 29.0 Å². The fraction of sp³-hybridized carbons (Fsp3) is 0.333. The van der Waals surface area contributed by atoms with Crippen molar-refractivity contribution in [2.45, 2.75) is 31.5 Å². The van der Waals surface area contributed by atoms with E-state index < -0.39 is 13.1 Å². The van der Waals surface area contributed by atoms with Crippen molar-refractivity contribution >= 4 is 18.9 Å². The standard InChI is InChI=1S/C15H15BO5/c1-2-3-6-12(17)9-11-8-10-5-4-7-13(15(18)19)14(10)21-16(11)20/h1,4-5,7,11,20H,3,6,8-9H2,(H,18,19)/t11-/m1/s1. The Kier molecular flexibility index (Phi) is 4.66. The van der Waals surface area contributed by atoms with Gasteiger partial charge in [0.1, 0.15) is 11.5 Å². The molecule has 2 rings (SSSR count). The fourth-order valence-corrected chi connectivity index (χ4v) is 2.43. The van der Waals surface area contributed by atoms with Crippen LogP contribution in [0.1, 0.15) is 35.2 Å². The van der Waals surface area contributed by atoms with Crippen LogP contribution in [-0.2, 0) is 11.2 Å². The van der Waals surface area contributed by atoms with Crippen LogP contribution >= 0.6 is 0 Å². The minimum atomic E-state index is -1.19. The van der Waals surface area contributed by atoms with Crippen LogP contribution in [0.2, 0.25) is 5.82 Å². The molecule has 1 aromatic carbocycles. The summed E-state index contributed by atoms with van der Waals surface area (Å²) in [7, 11) is -1.19. The van der Waals surface area contributed by atoms with Crippen LogP contribution in [0.15, 0.2) is 18.2 Å². The van der Waals surface area contributed by atoms with Gasteiger partial charge in [0.25, 0.3) is 0 Å². The second kappa shape index (κ2) is 6.46. The molecule has 0 bridgehead atoms. The van der Waals surface area contributed by atoms with Crippen molar-refractivity contribution in [1.82, 2.24) is 0 Å². The second-order valence-electron chi connectivity index (χ2n) is 5.02. The Morgan fingerprint density at radius 1 is 1.48 bits per heavy atom. The van der Waals surface area contributed by atoms with E-state index in [0.717, 1.165) is 0 Å². The molecule has 108 valence electrons. The number of benzene rings is 1. The van der Waals surface area contributed by atoms with E-state index in [-0.39, 0.29) is 35.8 Å². The summed E-state index contributed by atoms with van der Waals surface area (Å²) in [5.41, 5.74) is 0.707. The molecule has 6 heteroatoms. The Morgan fingerprint density at radius 3 is 2.90 bits per heavy atom. The lowest BCUT2D eigenvalue weighted by Crippen LogP contribution is -2.35. The number of para-hydroxylation sites is 1. The Hall–Kier alpha value is -2.26. The summed E-state index contributed by atoms with van der Waals surface area (Å²) in [6, 6.07) is 4.79. The van der Waals surface area contributed by atoms with E-state index in [2.05, 4.69) is 5.92 Å². The highest BCUT2D eigenvalue weighted by molar-refractivity contribution is 6.47. The number of rotatable bonds is 5. The number of carboxylic acids is 1. The number of fused-ring (bicyclic) bond motifs is 1. The van der Waals surface area contributed by atoms with Gasteiger partial charge in [-0.3, -0.25) is 4.79 Å². The van der Waals surface area contributed by atoms with Gasteiger partial charge < -0.3 is 14.8 Å². The molecule has 0 aliphatic carbocycles. The third-order valence-corrected chi connectivity index (χ3v) is 3.49. The second-order valence-corrected chi connectivity index (χ2v) is 5.02. The Balaban J connectivity index is 2.14. The van der Waals surface area contributed by atoms with Gasteiger partial charge in [0.2, 0.25) is 0 Å². The van der Waals surface area contributed by atoms with Crippen molar-refractivity contribution in [3.8, 4) is 18.1 Å². The van der Waals surface area contributed by atoms with Gasteiger partial charge in [-0.1, -0.05) is 12.1 Å². The van der Waals surface area contributed by atoms with E-state index >= 15 is 0 Å². The molecule has 0 aromatic heterocycles. The Labute approximate surface area is 123 Å². The number of hydrogen-bond acceptors (Lipinski definition) is 4. The maximum atomic E-state index is 11.7. The first-order valence-electron chi connectivity index (χ1n) is 6.68. The zero-order valence-corrected chi connectivity index (χ0v) is 11.4. The van der Waals surface area contributed by atoms with E-state index in [9.17, 15) is 14.6 Å². The summed E-state index contributed by atoms with van der Waals surface area (Å²) >= 11 is 0. The summed E-state index contributed by atoms with van der Waals surface area (Å²) in [6.45, 7) is 0. The van der Waals surface area contributed by atoms with Crippen molar-refractivity contribution in [3.63, 3.8) is 0 Å². The van der Waals surface area contributed by atoms with Gasteiger partial charge in [-0.2, -0.15) is 0 Å². The van der Waals surface area contributed by atoms with Crippen molar-refractivity contribution in [3.05, 3.63) is 29.3 Å². The maximum absolute atomic E-state index is 11.7. The number of ketones is 1. The molecule has 2 N–H and O–H groups in total. The molecule has 0 spiro atoms. The highest BCUT2D eigenvalue weighted by Gasteiger charge is 2.37. The molecule has 0 unspecified atom stereocenters. The molecular formula is C15H15BO5. The molecule has 1 aromatic rings. The van der Waals surface area contributed by atoms with Gasteiger partial charge in [-0.05, 0) is 18.1 Å². The van der Waals surface area contributed by atoms with E-state index in [1.54, 1.807) is 12.1 Å². The molecule has 0 radical (unpaired) electrons. The first-order chi connectivity index (χ1) is 10.0. The van der Waals surface area contributed by atoms with Crippen LogP contribution in [0, 0.1) is 12.3 Å². The lowest BCUT2D eigenvalue weighted by atomic mass is 9.64. The molecule has 1 aliphatic rings. The van der Waals surface area contributed by atoms with Crippen LogP contribution in [0.25, 0.3) is 0 Å². The molecule has 0 fully saturated rings. The Morgan fingerprint density at radius 2 is 2.24 bits per heavy atom. The lowest BCUT2D eigenvalue weighted by Gasteiger charge is -2.27. The van der Waals surface area contributed by atoms with E-state index in [1.807, 2.05) is 0 Å². The molecule has 1 atom stereocenters. The SMILES string of the molecule is C#CCCC(=O)C[C@H]1Cc2cccc(C(=O)O)c2OB1O. The largest absolute Gasteiger partial charge is 0.535 e. The fourth-order valence-electron chi connectivity index (χ4n) is 2.43.